The molecule has 0 aliphatic rings. The van der Waals surface area contributed by atoms with E-state index in [1.165, 1.54) is 19.3 Å². The lowest BCUT2D eigenvalue weighted by Crippen LogP contribution is -2.11. The largest absolute Gasteiger partial charge is 0.460 e. The van der Waals surface area contributed by atoms with E-state index in [0.717, 1.165) is 18.9 Å². The third kappa shape index (κ3) is 7.95. The van der Waals surface area contributed by atoms with E-state index in [4.69, 9.17) is 9.47 Å². The fourth-order valence-electron chi connectivity index (χ4n) is 1.89. The first kappa shape index (κ1) is 16.7. The van der Waals surface area contributed by atoms with Crippen LogP contribution >= 0.6 is 0 Å². The zero-order chi connectivity index (χ0) is 14.6. The topological polar surface area (TPSA) is 35.5 Å². The molecule has 1 aromatic rings. The van der Waals surface area contributed by atoms with Crippen LogP contribution in [0.15, 0.2) is 30.3 Å². The first-order valence-electron chi connectivity index (χ1n) is 7.50. The van der Waals surface area contributed by atoms with Crippen molar-refractivity contribution in [2.24, 2.45) is 5.92 Å². The molecule has 0 aromatic heterocycles. The summed E-state index contributed by atoms with van der Waals surface area (Å²) in [6, 6.07) is 9.02. The van der Waals surface area contributed by atoms with Gasteiger partial charge >= 0.3 is 5.97 Å². The normalized spacial score (nSPS) is 10.8. The van der Waals surface area contributed by atoms with Gasteiger partial charge in [0.15, 0.2) is 0 Å². The average Bonchev–Trinajstić information content (AvgIpc) is 2.46. The van der Waals surface area contributed by atoms with Crippen LogP contribution in [0.3, 0.4) is 0 Å². The number of carbonyl (C=O) groups excluding carboxylic acids is 1. The maximum absolute atomic E-state index is 11.6. The molecule has 1 rings (SSSR count). The number of ether oxygens (including phenoxy) is 2. The van der Waals surface area contributed by atoms with Crippen LogP contribution in [0.25, 0.3) is 0 Å². The highest BCUT2D eigenvalue weighted by Gasteiger charge is 2.04. The van der Waals surface area contributed by atoms with Crippen molar-refractivity contribution < 1.29 is 14.3 Å². The SMILES string of the molecule is CC(C)CCCCCOCCOC(=O)c1ccccc1. The van der Waals surface area contributed by atoms with Gasteiger partial charge < -0.3 is 9.47 Å². The van der Waals surface area contributed by atoms with Gasteiger partial charge in [-0.25, -0.2) is 4.79 Å². The van der Waals surface area contributed by atoms with Crippen molar-refractivity contribution in [3.05, 3.63) is 35.9 Å². The minimum atomic E-state index is -0.286. The van der Waals surface area contributed by atoms with Gasteiger partial charge in [-0.3, -0.25) is 0 Å². The van der Waals surface area contributed by atoms with Crippen LogP contribution in [0, 0.1) is 5.92 Å². The van der Waals surface area contributed by atoms with Gasteiger partial charge in [0.2, 0.25) is 0 Å². The van der Waals surface area contributed by atoms with Gasteiger partial charge in [0.1, 0.15) is 6.61 Å². The number of hydrogen-bond acceptors (Lipinski definition) is 3. The summed E-state index contributed by atoms with van der Waals surface area (Å²) < 4.78 is 10.6. The Morgan fingerprint density at radius 3 is 2.45 bits per heavy atom. The summed E-state index contributed by atoms with van der Waals surface area (Å²) in [4.78, 5) is 11.6. The molecule has 0 saturated heterocycles. The Morgan fingerprint density at radius 2 is 1.75 bits per heavy atom. The number of hydrogen-bond donors (Lipinski definition) is 0. The fourth-order valence-corrected chi connectivity index (χ4v) is 1.89. The van der Waals surface area contributed by atoms with E-state index in [0.29, 0.717) is 18.8 Å². The average molecular weight is 278 g/mol. The predicted octanol–water partition coefficient (Wildman–Crippen LogP) is 4.08. The minimum absolute atomic E-state index is 0.286. The molecule has 0 N–H and O–H groups in total. The molecule has 0 atom stereocenters. The molecule has 0 spiro atoms. The maximum atomic E-state index is 11.6. The molecule has 0 bridgehead atoms. The summed E-state index contributed by atoms with van der Waals surface area (Å²) in [5.74, 6) is 0.499. The van der Waals surface area contributed by atoms with Crippen LogP contribution < -0.4 is 0 Å². The Balaban J connectivity index is 1.94. The zero-order valence-electron chi connectivity index (χ0n) is 12.6. The molecule has 3 heteroatoms. The quantitative estimate of drug-likeness (QED) is 0.478. The first-order chi connectivity index (χ1) is 9.70. The highest BCUT2D eigenvalue weighted by Crippen LogP contribution is 2.07. The lowest BCUT2D eigenvalue weighted by molar-refractivity contribution is 0.0312. The Labute approximate surface area is 122 Å². The van der Waals surface area contributed by atoms with Gasteiger partial charge in [-0.1, -0.05) is 51.3 Å². The highest BCUT2D eigenvalue weighted by molar-refractivity contribution is 5.89. The van der Waals surface area contributed by atoms with Crippen molar-refractivity contribution in [3.8, 4) is 0 Å². The van der Waals surface area contributed by atoms with Crippen molar-refractivity contribution >= 4 is 5.97 Å². The molecule has 0 aliphatic heterocycles. The number of unbranched alkanes of at least 4 members (excludes halogenated alkanes) is 2. The van der Waals surface area contributed by atoms with Crippen LogP contribution in [0.2, 0.25) is 0 Å². The second-order valence-electron chi connectivity index (χ2n) is 5.36. The third-order valence-electron chi connectivity index (χ3n) is 3.04. The molecule has 3 nitrogen and oxygen atoms in total. The second-order valence-corrected chi connectivity index (χ2v) is 5.36. The summed E-state index contributed by atoms with van der Waals surface area (Å²) in [6.45, 7) is 6.04. The minimum Gasteiger partial charge on any atom is -0.460 e. The van der Waals surface area contributed by atoms with E-state index in [-0.39, 0.29) is 5.97 Å². The van der Waals surface area contributed by atoms with E-state index in [2.05, 4.69) is 13.8 Å². The first-order valence-corrected chi connectivity index (χ1v) is 7.50. The molecule has 0 heterocycles. The van der Waals surface area contributed by atoms with E-state index in [1.807, 2.05) is 18.2 Å². The Bertz CT molecular complexity index is 360. The molecule has 0 fully saturated rings. The second kappa shape index (κ2) is 10.4. The van der Waals surface area contributed by atoms with Crippen LogP contribution in [0.5, 0.6) is 0 Å². The van der Waals surface area contributed by atoms with Gasteiger partial charge in [0.05, 0.1) is 12.2 Å². The van der Waals surface area contributed by atoms with E-state index in [9.17, 15) is 4.79 Å². The number of esters is 1. The van der Waals surface area contributed by atoms with Gasteiger partial charge in [0.25, 0.3) is 0 Å². The van der Waals surface area contributed by atoms with Crippen LogP contribution in [0.4, 0.5) is 0 Å². The number of benzene rings is 1. The standard InChI is InChI=1S/C17H26O3/c1-15(2)9-5-4-8-12-19-13-14-20-17(18)16-10-6-3-7-11-16/h3,6-7,10-11,15H,4-5,8-9,12-14H2,1-2H3. The van der Waals surface area contributed by atoms with Gasteiger partial charge in [-0.15, -0.1) is 0 Å². The summed E-state index contributed by atoms with van der Waals surface area (Å²) in [6.07, 6.45) is 4.85. The summed E-state index contributed by atoms with van der Waals surface area (Å²) in [7, 11) is 0. The molecule has 0 radical (unpaired) electrons. The molecular formula is C17H26O3. The third-order valence-corrected chi connectivity index (χ3v) is 3.04. The Hall–Kier alpha value is -1.35. The zero-order valence-corrected chi connectivity index (χ0v) is 12.6. The van der Waals surface area contributed by atoms with Crippen molar-refractivity contribution in [1.29, 1.82) is 0 Å². The van der Waals surface area contributed by atoms with E-state index in [1.54, 1.807) is 12.1 Å². The molecule has 20 heavy (non-hydrogen) atoms. The molecule has 0 unspecified atom stereocenters. The summed E-state index contributed by atoms with van der Waals surface area (Å²) >= 11 is 0. The van der Waals surface area contributed by atoms with Crippen molar-refractivity contribution in [3.63, 3.8) is 0 Å². The van der Waals surface area contributed by atoms with Gasteiger partial charge in [-0.05, 0) is 24.5 Å². The Kier molecular flexibility index (Phi) is 8.72. The monoisotopic (exact) mass is 278 g/mol. The smallest absolute Gasteiger partial charge is 0.338 e. The van der Waals surface area contributed by atoms with Crippen molar-refractivity contribution in [2.75, 3.05) is 19.8 Å². The van der Waals surface area contributed by atoms with Crippen LogP contribution in [-0.2, 0) is 9.47 Å². The molecule has 0 saturated carbocycles. The molecule has 0 amide bonds. The summed E-state index contributed by atoms with van der Waals surface area (Å²) in [5, 5.41) is 0. The highest BCUT2D eigenvalue weighted by atomic mass is 16.6. The van der Waals surface area contributed by atoms with Crippen LogP contribution in [-0.4, -0.2) is 25.8 Å². The summed E-state index contributed by atoms with van der Waals surface area (Å²) in [5.41, 5.74) is 0.584. The van der Waals surface area contributed by atoms with Crippen molar-refractivity contribution in [2.45, 2.75) is 39.5 Å². The van der Waals surface area contributed by atoms with Crippen molar-refractivity contribution in [1.82, 2.24) is 0 Å². The molecular weight excluding hydrogens is 252 g/mol. The van der Waals surface area contributed by atoms with E-state index < -0.39 is 0 Å². The lowest BCUT2D eigenvalue weighted by Gasteiger charge is -2.07. The lowest BCUT2D eigenvalue weighted by atomic mass is 10.1. The van der Waals surface area contributed by atoms with Crippen LogP contribution in [0.1, 0.15) is 49.9 Å². The molecule has 0 aliphatic carbocycles. The van der Waals surface area contributed by atoms with E-state index >= 15 is 0 Å². The molecule has 1 aromatic carbocycles. The van der Waals surface area contributed by atoms with Gasteiger partial charge in [-0.2, -0.15) is 0 Å². The maximum Gasteiger partial charge on any atom is 0.338 e. The number of carbonyl (C=O) groups is 1. The number of rotatable bonds is 10. The Morgan fingerprint density at radius 1 is 1.00 bits per heavy atom. The fraction of sp³-hybridized carbons (Fsp3) is 0.588. The molecule has 112 valence electrons. The van der Waals surface area contributed by atoms with Gasteiger partial charge in [0, 0.05) is 6.61 Å². The predicted molar refractivity (Wildman–Crippen MR) is 80.8 cm³/mol.